The molecule has 1 aromatic heterocycles. The van der Waals surface area contributed by atoms with E-state index >= 15 is 0 Å². The molecular weight excluding hydrogens is 294 g/mol. The van der Waals surface area contributed by atoms with Crippen LogP contribution < -0.4 is 4.90 Å². The minimum Gasteiger partial charge on any atom is -0.274 e. The minimum atomic E-state index is -1.65. The fraction of sp³-hybridized carbons (Fsp3) is 0.375. The highest BCUT2D eigenvalue weighted by Gasteiger charge is 2.22. The molecule has 0 unspecified atom stereocenters. The van der Waals surface area contributed by atoms with E-state index < -0.39 is 19.9 Å². The monoisotopic (exact) mass is 313 g/mol. The predicted octanol–water partition coefficient (Wildman–Crippen LogP) is 2.39. The van der Waals surface area contributed by atoms with E-state index in [-0.39, 0.29) is 5.82 Å². The molecule has 1 heterocycles. The van der Waals surface area contributed by atoms with Gasteiger partial charge in [0.05, 0.1) is 16.8 Å². The molecule has 0 spiro atoms. The molecule has 0 saturated heterocycles. The topological polar surface area (TPSA) is 74.1 Å². The second-order valence-electron chi connectivity index (χ2n) is 5.98. The second-order valence-corrected chi connectivity index (χ2v) is 10.7. The number of anilines is 1. The van der Waals surface area contributed by atoms with Crippen molar-refractivity contribution in [2.75, 3.05) is 4.90 Å². The Kier molecular flexibility index (Phi) is 5.24. The normalized spacial score (nSPS) is 10.2. The summed E-state index contributed by atoms with van der Waals surface area (Å²) in [6, 6.07) is 3.64. The van der Waals surface area contributed by atoms with Gasteiger partial charge in [0, 0.05) is 13.8 Å². The van der Waals surface area contributed by atoms with Gasteiger partial charge in [-0.1, -0.05) is 25.6 Å². The molecule has 1 rings (SSSR count). The molecule has 6 heteroatoms. The highest BCUT2D eigenvalue weighted by atomic mass is 28.3. The molecule has 0 aliphatic rings. The van der Waals surface area contributed by atoms with E-state index in [0.29, 0.717) is 16.8 Å². The Balaban J connectivity index is 3.64. The summed E-state index contributed by atoms with van der Waals surface area (Å²) in [6.07, 6.45) is 0. The summed E-state index contributed by atoms with van der Waals surface area (Å²) in [6.45, 7) is 10.5. The number of nitriles is 1. The zero-order valence-electron chi connectivity index (χ0n) is 13.7. The Morgan fingerprint density at radius 3 is 2.14 bits per heavy atom. The quantitative estimate of drug-likeness (QED) is 0.589. The molecule has 0 atom stereocenters. The summed E-state index contributed by atoms with van der Waals surface area (Å²) in [5, 5.41) is 9.14. The van der Waals surface area contributed by atoms with Gasteiger partial charge in [0.1, 0.15) is 14.1 Å². The van der Waals surface area contributed by atoms with Crippen molar-refractivity contribution in [2.45, 2.75) is 40.4 Å². The Bertz CT molecular complexity index is 717. The lowest BCUT2D eigenvalue weighted by molar-refractivity contribution is -0.124. The van der Waals surface area contributed by atoms with Crippen molar-refractivity contribution in [2.24, 2.45) is 0 Å². The largest absolute Gasteiger partial charge is 0.274 e. The van der Waals surface area contributed by atoms with Gasteiger partial charge in [-0.05, 0) is 13.0 Å². The van der Waals surface area contributed by atoms with Crippen LogP contribution >= 0.6 is 0 Å². The molecule has 0 aliphatic heterocycles. The number of hydrogen-bond acceptors (Lipinski definition) is 4. The number of pyridine rings is 1. The van der Waals surface area contributed by atoms with Crippen LogP contribution in [-0.4, -0.2) is 24.9 Å². The molecule has 1 aromatic rings. The van der Waals surface area contributed by atoms with Gasteiger partial charge < -0.3 is 0 Å². The number of hydrogen-bond donors (Lipinski definition) is 0. The third-order valence-corrected chi connectivity index (χ3v) is 3.60. The fourth-order valence-electron chi connectivity index (χ4n) is 1.74. The van der Waals surface area contributed by atoms with Crippen LogP contribution in [0.25, 0.3) is 0 Å². The molecule has 5 nitrogen and oxygen atoms in total. The molecule has 0 N–H and O–H groups in total. The third-order valence-electron chi connectivity index (χ3n) is 2.73. The van der Waals surface area contributed by atoms with Crippen molar-refractivity contribution in [1.82, 2.24) is 4.98 Å². The Hall–Kier alpha value is -2.44. The second kappa shape index (κ2) is 6.55. The van der Waals surface area contributed by atoms with E-state index in [1.165, 1.54) is 13.8 Å². The van der Waals surface area contributed by atoms with Crippen molar-refractivity contribution in [3.05, 3.63) is 22.9 Å². The van der Waals surface area contributed by atoms with Crippen molar-refractivity contribution in [3.8, 4) is 17.5 Å². The first-order chi connectivity index (χ1) is 10.1. The number of rotatable bonds is 1. The Morgan fingerprint density at radius 1 is 1.18 bits per heavy atom. The van der Waals surface area contributed by atoms with E-state index in [0.717, 1.165) is 4.90 Å². The van der Waals surface area contributed by atoms with Gasteiger partial charge in [0.15, 0.2) is 5.82 Å². The average molecular weight is 313 g/mol. The number of carbonyl (C=O) groups is 2. The van der Waals surface area contributed by atoms with Gasteiger partial charge in [-0.2, -0.15) is 5.26 Å². The minimum absolute atomic E-state index is 0.197. The summed E-state index contributed by atoms with van der Waals surface area (Å²) in [4.78, 5) is 28.8. The lowest BCUT2D eigenvalue weighted by Crippen LogP contribution is -2.34. The molecular formula is C16H19N3O2Si. The van der Waals surface area contributed by atoms with Crippen molar-refractivity contribution >= 4 is 25.7 Å². The van der Waals surface area contributed by atoms with E-state index in [1.54, 1.807) is 13.0 Å². The zero-order valence-corrected chi connectivity index (χ0v) is 14.7. The van der Waals surface area contributed by atoms with E-state index in [9.17, 15) is 9.59 Å². The van der Waals surface area contributed by atoms with Gasteiger partial charge in [0.25, 0.3) is 0 Å². The van der Waals surface area contributed by atoms with Crippen LogP contribution in [0.15, 0.2) is 6.07 Å². The number of amides is 2. The summed E-state index contributed by atoms with van der Waals surface area (Å²) in [5.41, 5.74) is 4.44. The van der Waals surface area contributed by atoms with E-state index in [1.807, 2.05) is 0 Å². The number of aromatic nitrogens is 1. The van der Waals surface area contributed by atoms with Gasteiger partial charge in [-0.3, -0.25) is 9.59 Å². The van der Waals surface area contributed by atoms with Crippen LogP contribution in [0.5, 0.6) is 0 Å². The van der Waals surface area contributed by atoms with Gasteiger partial charge in [-0.15, -0.1) is 5.54 Å². The molecule has 0 aliphatic carbocycles. The van der Waals surface area contributed by atoms with Crippen LogP contribution in [0.1, 0.15) is 30.7 Å². The van der Waals surface area contributed by atoms with Gasteiger partial charge in [-0.25, -0.2) is 9.88 Å². The molecule has 114 valence electrons. The van der Waals surface area contributed by atoms with Gasteiger partial charge >= 0.3 is 0 Å². The summed E-state index contributed by atoms with van der Waals surface area (Å²) in [7, 11) is -1.65. The molecule has 0 saturated carbocycles. The Morgan fingerprint density at radius 2 is 1.73 bits per heavy atom. The lowest BCUT2D eigenvalue weighted by Gasteiger charge is -2.18. The molecule has 2 amide bonds. The molecule has 0 aromatic carbocycles. The maximum Gasteiger partial charge on any atom is 0.231 e. The standard InChI is InChI=1S/C16H19N3O2Si/c1-11-15(10-17)9-14(7-8-22(4,5)6)16(18-11)19(12(2)20)13(3)21/h9H,1-6H3. The van der Waals surface area contributed by atoms with E-state index in [4.69, 9.17) is 5.26 Å². The highest BCUT2D eigenvalue weighted by Crippen LogP contribution is 2.21. The predicted molar refractivity (Wildman–Crippen MR) is 87.8 cm³/mol. The smallest absolute Gasteiger partial charge is 0.231 e. The SMILES string of the molecule is CC(=O)N(C(C)=O)c1nc(C)c(C#N)cc1C#C[Si](C)(C)C. The van der Waals surface area contributed by atoms with Crippen molar-refractivity contribution < 1.29 is 9.59 Å². The first-order valence-corrected chi connectivity index (χ1v) is 10.3. The third kappa shape index (κ3) is 4.27. The van der Waals surface area contributed by atoms with Crippen LogP contribution in [0.3, 0.4) is 0 Å². The van der Waals surface area contributed by atoms with Crippen LogP contribution in [0.2, 0.25) is 19.6 Å². The maximum absolute atomic E-state index is 11.8. The van der Waals surface area contributed by atoms with Gasteiger partial charge in [0.2, 0.25) is 11.8 Å². The number of nitrogens with zero attached hydrogens (tertiary/aromatic N) is 3. The first-order valence-electron chi connectivity index (χ1n) is 6.83. The maximum atomic E-state index is 11.8. The van der Waals surface area contributed by atoms with Crippen LogP contribution in [0.4, 0.5) is 5.82 Å². The summed E-state index contributed by atoms with van der Waals surface area (Å²) >= 11 is 0. The van der Waals surface area contributed by atoms with Crippen LogP contribution in [-0.2, 0) is 9.59 Å². The molecule has 0 radical (unpaired) electrons. The number of aryl methyl sites for hydroxylation is 1. The lowest BCUT2D eigenvalue weighted by atomic mass is 10.1. The first kappa shape index (κ1) is 17.6. The highest BCUT2D eigenvalue weighted by molar-refractivity contribution is 6.83. The average Bonchev–Trinajstić information content (AvgIpc) is 2.35. The molecule has 22 heavy (non-hydrogen) atoms. The molecule has 0 bridgehead atoms. The van der Waals surface area contributed by atoms with Crippen molar-refractivity contribution in [1.29, 1.82) is 5.26 Å². The number of carbonyl (C=O) groups excluding carboxylic acids is 2. The molecule has 0 fully saturated rings. The fourth-order valence-corrected chi connectivity index (χ4v) is 2.25. The summed E-state index contributed by atoms with van der Waals surface area (Å²) < 4.78 is 0. The van der Waals surface area contributed by atoms with Crippen LogP contribution in [0, 0.1) is 29.7 Å². The Labute approximate surface area is 132 Å². The zero-order chi connectivity index (χ0) is 17.1. The van der Waals surface area contributed by atoms with Crippen molar-refractivity contribution in [3.63, 3.8) is 0 Å². The summed E-state index contributed by atoms with van der Waals surface area (Å²) in [5.74, 6) is 2.33. The number of imide groups is 1. The van der Waals surface area contributed by atoms with E-state index in [2.05, 4.69) is 42.2 Å².